The lowest BCUT2D eigenvalue weighted by Gasteiger charge is -2.36. The van der Waals surface area contributed by atoms with Gasteiger partial charge in [0.05, 0.1) is 0 Å². The summed E-state index contributed by atoms with van der Waals surface area (Å²) in [4.78, 5) is 0. The molecule has 0 spiro atoms. The molecule has 2 aliphatic heterocycles. The largest absolute Gasteiger partial charge is 0.381 e. The van der Waals surface area contributed by atoms with Gasteiger partial charge in [0, 0.05) is 36.3 Å². The van der Waals surface area contributed by atoms with Gasteiger partial charge in [0.15, 0.2) is 0 Å². The molecule has 1 atom stereocenters. The van der Waals surface area contributed by atoms with Crippen molar-refractivity contribution in [3.05, 3.63) is 0 Å². The van der Waals surface area contributed by atoms with Gasteiger partial charge < -0.3 is 10.1 Å². The van der Waals surface area contributed by atoms with Gasteiger partial charge in [-0.3, -0.25) is 0 Å². The minimum atomic E-state index is 0.450. The SMILES string of the molecule is CSC1(CNC2CCSC2)CCOCC1. The number of nitrogens with one attached hydrogen (secondary N) is 1. The first-order valence-electron chi connectivity index (χ1n) is 5.79. The Morgan fingerprint density at radius 1 is 1.47 bits per heavy atom. The summed E-state index contributed by atoms with van der Waals surface area (Å²) in [5, 5.41) is 3.75. The van der Waals surface area contributed by atoms with Crippen LogP contribution in [-0.4, -0.2) is 48.3 Å². The zero-order valence-electron chi connectivity index (χ0n) is 9.46. The number of hydrogen-bond donors (Lipinski definition) is 1. The van der Waals surface area contributed by atoms with Crippen LogP contribution in [0, 0.1) is 0 Å². The highest BCUT2D eigenvalue weighted by Gasteiger charge is 2.32. The first kappa shape index (κ1) is 12.1. The van der Waals surface area contributed by atoms with Crippen molar-refractivity contribution in [1.29, 1.82) is 0 Å². The molecular formula is C11H21NOS2. The molecule has 0 aromatic carbocycles. The monoisotopic (exact) mass is 247 g/mol. The minimum Gasteiger partial charge on any atom is -0.381 e. The molecular weight excluding hydrogens is 226 g/mol. The van der Waals surface area contributed by atoms with Gasteiger partial charge >= 0.3 is 0 Å². The fourth-order valence-electron chi connectivity index (χ4n) is 2.22. The van der Waals surface area contributed by atoms with Gasteiger partial charge in [-0.1, -0.05) is 0 Å². The second-order valence-electron chi connectivity index (χ2n) is 4.44. The Morgan fingerprint density at radius 2 is 2.27 bits per heavy atom. The van der Waals surface area contributed by atoms with E-state index in [0.29, 0.717) is 4.75 Å². The van der Waals surface area contributed by atoms with Crippen LogP contribution in [0.25, 0.3) is 0 Å². The highest BCUT2D eigenvalue weighted by atomic mass is 32.2. The van der Waals surface area contributed by atoms with Crippen molar-refractivity contribution in [1.82, 2.24) is 5.32 Å². The Bertz CT molecular complexity index is 189. The quantitative estimate of drug-likeness (QED) is 0.820. The van der Waals surface area contributed by atoms with Gasteiger partial charge in [-0.05, 0) is 31.3 Å². The molecule has 4 heteroatoms. The molecule has 88 valence electrons. The van der Waals surface area contributed by atoms with E-state index in [9.17, 15) is 0 Å². The molecule has 2 fully saturated rings. The Morgan fingerprint density at radius 3 is 2.87 bits per heavy atom. The van der Waals surface area contributed by atoms with Crippen molar-refractivity contribution < 1.29 is 4.74 Å². The molecule has 0 bridgehead atoms. The van der Waals surface area contributed by atoms with Crippen molar-refractivity contribution in [2.45, 2.75) is 30.1 Å². The van der Waals surface area contributed by atoms with Crippen LogP contribution >= 0.6 is 23.5 Å². The maximum Gasteiger partial charge on any atom is 0.0479 e. The summed E-state index contributed by atoms with van der Waals surface area (Å²) in [6.07, 6.45) is 6.02. The van der Waals surface area contributed by atoms with E-state index in [4.69, 9.17) is 4.74 Å². The normalized spacial score (nSPS) is 30.6. The number of hydrogen-bond acceptors (Lipinski definition) is 4. The summed E-state index contributed by atoms with van der Waals surface area (Å²) in [6, 6.07) is 0.766. The van der Waals surface area contributed by atoms with Crippen molar-refractivity contribution in [3.8, 4) is 0 Å². The van der Waals surface area contributed by atoms with E-state index in [2.05, 4.69) is 23.3 Å². The molecule has 1 unspecified atom stereocenters. The van der Waals surface area contributed by atoms with Crippen molar-refractivity contribution in [2.24, 2.45) is 0 Å². The molecule has 0 radical (unpaired) electrons. The highest BCUT2D eigenvalue weighted by molar-refractivity contribution is 8.00. The lowest BCUT2D eigenvalue weighted by molar-refractivity contribution is 0.0767. The number of thioether (sulfide) groups is 2. The second-order valence-corrected chi connectivity index (χ2v) is 6.87. The lowest BCUT2D eigenvalue weighted by Crippen LogP contribution is -2.45. The highest BCUT2D eigenvalue weighted by Crippen LogP contribution is 2.33. The van der Waals surface area contributed by atoms with Crippen LogP contribution < -0.4 is 5.32 Å². The molecule has 2 rings (SSSR count). The molecule has 0 saturated carbocycles. The van der Waals surface area contributed by atoms with Crippen molar-refractivity contribution in [3.63, 3.8) is 0 Å². The third-order valence-electron chi connectivity index (χ3n) is 3.48. The Balaban J connectivity index is 1.78. The summed E-state index contributed by atoms with van der Waals surface area (Å²) in [5.74, 6) is 2.65. The van der Waals surface area contributed by atoms with Crippen LogP contribution in [0.15, 0.2) is 0 Å². The van der Waals surface area contributed by atoms with Gasteiger partial charge in [-0.25, -0.2) is 0 Å². The summed E-state index contributed by atoms with van der Waals surface area (Å²) in [6.45, 7) is 3.06. The molecule has 0 aromatic rings. The Kier molecular flexibility index (Phi) is 4.68. The Labute approximate surface area is 101 Å². The molecule has 2 aliphatic rings. The van der Waals surface area contributed by atoms with E-state index < -0.39 is 0 Å². The fraction of sp³-hybridized carbons (Fsp3) is 1.00. The van der Waals surface area contributed by atoms with Crippen molar-refractivity contribution in [2.75, 3.05) is 37.5 Å². The van der Waals surface area contributed by atoms with E-state index in [0.717, 1.165) is 19.3 Å². The lowest BCUT2D eigenvalue weighted by atomic mass is 9.98. The van der Waals surface area contributed by atoms with Crippen LogP contribution in [-0.2, 0) is 4.74 Å². The second kappa shape index (κ2) is 5.80. The average Bonchev–Trinajstić information content (AvgIpc) is 2.81. The van der Waals surface area contributed by atoms with E-state index >= 15 is 0 Å². The van der Waals surface area contributed by atoms with Gasteiger partial charge in [-0.15, -0.1) is 0 Å². The van der Waals surface area contributed by atoms with Gasteiger partial charge in [0.1, 0.15) is 0 Å². The van der Waals surface area contributed by atoms with Crippen LogP contribution in [0.3, 0.4) is 0 Å². The van der Waals surface area contributed by atoms with Crippen LogP contribution in [0.4, 0.5) is 0 Å². The smallest absolute Gasteiger partial charge is 0.0479 e. The first-order valence-corrected chi connectivity index (χ1v) is 8.17. The summed E-state index contributed by atoms with van der Waals surface area (Å²) in [5.41, 5.74) is 0. The topological polar surface area (TPSA) is 21.3 Å². The first-order chi connectivity index (χ1) is 7.35. The molecule has 2 saturated heterocycles. The molecule has 2 nitrogen and oxygen atoms in total. The minimum absolute atomic E-state index is 0.450. The summed E-state index contributed by atoms with van der Waals surface area (Å²) in [7, 11) is 0. The maximum atomic E-state index is 5.45. The predicted molar refractivity (Wildman–Crippen MR) is 70.0 cm³/mol. The van der Waals surface area contributed by atoms with E-state index in [1.807, 2.05) is 11.8 Å². The standard InChI is InChI=1S/C11H21NOS2/c1-14-11(3-5-13-6-4-11)9-12-10-2-7-15-8-10/h10,12H,2-9H2,1H3. The van der Waals surface area contributed by atoms with Crippen LogP contribution in [0.1, 0.15) is 19.3 Å². The van der Waals surface area contributed by atoms with E-state index in [-0.39, 0.29) is 0 Å². The zero-order chi connectivity index (χ0) is 10.6. The molecule has 1 N–H and O–H groups in total. The maximum absolute atomic E-state index is 5.45. The van der Waals surface area contributed by atoms with Crippen LogP contribution in [0.5, 0.6) is 0 Å². The predicted octanol–water partition coefficient (Wildman–Crippen LogP) is 1.99. The van der Waals surface area contributed by atoms with Gasteiger partial charge in [0.25, 0.3) is 0 Å². The van der Waals surface area contributed by atoms with Gasteiger partial charge in [0.2, 0.25) is 0 Å². The number of rotatable bonds is 4. The van der Waals surface area contributed by atoms with Crippen LogP contribution in [0.2, 0.25) is 0 Å². The molecule has 2 heterocycles. The Hall–Kier alpha value is 0.620. The number of ether oxygens (including phenoxy) is 1. The van der Waals surface area contributed by atoms with E-state index in [1.165, 1.54) is 37.3 Å². The van der Waals surface area contributed by atoms with E-state index in [1.54, 1.807) is 0 Å². The summed E-state index contributed by atoms with van der Waals surface area (Å²) >= 11 is 4.11. The summed E-state index contributed by atoms with van der Waals surface area (Å²) < 4.78 is 5.90. The molecule has 0 aliphatic carbocycles. The molecule has 0 amide bonds. The zero-order valence-corrected chi connectivity index (χ0v) is 11.1. The van der Waals surface area contributed by atoms with Crippen molar-refractivity contribution >= 4 is 23.5 Å². The molecule has 0 aromatic heterocycles. The van der Waals surface area contributed by atoms with Gasteiger partial charge in [-0.2, -0.15) is 23.5 Å². The fourth-order valence-corrected chi connectivity index (χ4v) is 4.21. The third-order valence-corrected chi connectivity index (χ3v) is 6.06. The third kappa shape index (κ3) is 3.29. The average molecular weight is 247 g/mol. The molecule has 15 heavy (non-hydrogen) atoms.